The molecule has 1 aliphatic heterocycles. The van der Waals surface area contributed by atoms with Gasteiger partial charge in [0.1, 0.15) is 5.82 Å². The van der Waals surface area contributed by atoms with Gasteiger partial charge in [-0.1, -0.05) is 54.6 Å². The Morgan fingerprint density at radius 2 is 1.52 bits per heavy atom. The summed E-state index contributed by atoms with van der Waals surface area (Å²) in [5, 5.41) is 6.11. The van der Waals surface area contributed by atoms with Gasteiger partial charge in [-0.3, -0.25) is 19.3 Å². The molecule has 5 rings (SSSR count). The fourth-order valence-corrected chi connectivity index (χ4v) is 4.73. The van der Waals surface area contributed by atoms with Gasteiger partial charge in [0.15, 0.2) is 0 Å². The average molecular weight is 443 g/mol. The van der Waals surface area contributed by atoms with Crippen molar-refractivity contribution in [1.29, 1.82) is 0 Å². The van der Waals surface area contributed by atoms with E-state index < -0.39 is 29.2 Å². The maximum absolute atomic E-state index is 13.9. The highest BCUT2D eigenvalue weighted by Gasteiger charge is 2.59. The van der Waals surface area contributed by atoms with Crippen LogP contribution >= 0.6 is 0 Å². The molecular weight excluding hydrogens is 421 g/mol. The van der Waals surface area contributed by atoms with Crippen molar-refractivity contribution in [3.05, 3.63) is 107 Å². The van der Waals surface area contributed by atoms with Crippen molar-refractivity contribution in [3.8, 4) is 0 Å². The van der Waals surface area contributed by atoms with Gasteiger partial charge in [0.25, 0.3) is 5.91 Å². The van der Waals surface area contributed by atoms with Gasteiger partial charge in [-0.05, 0) is 29.8 Å². The van der Waals surface area contributed by atoms with Crippen molar-refractivity contribution in [2.75, 3.05) is 19.6 Å². The van der Waals surface area contributed by atoms with Crippen molar-refractivity contribution in [2.45, 2.75) is 11.7 Å². The van der Waals surface area contributed by atoms with E-state index in [2.05, 4.69) is 10.6 Å². The number of nitrogens with one attached hydrogen (secondary N) is 2. The number of hydrogen-bond acceptors (Lipinski definition) is 5. The zero-order valence-corrected chi connectivity index (χ0v) is 17.8. The van der Waals surface area contributed by atoms with E-state index >= 15 is 0 Å². The number of benzene rings is 3. The fourth-order valence-electron chi connectivity index (χ4n) is 4.73. The lowest BCUT2D eigenvalue weighted by molar-refractivity contribution is 0.0140. The van der Waals surface area contributed by atoms with Crippen LogP contribution in [-0.4, -0.2) is 47.7 Å². The first-order valence-electron chi connectivity index (χ1n) is 10.8. The highest BCUT2D eigenvalue weighted by atomic mass is 19.1. The highest BCUT2D eigenvalue weighted by Crippen LogP contribution is 2.38. The first-order valence-corrected chi connectivity index (χ1v) is 10.8. The summed E-state index contributed by atoms with van der Waals surface area (Å²) in [6.07, 6.45) is 0. The Bertz CT molecular complexity index is 1190. The lowest BCUT2D eigenvalue weighted by Gasteiger charge is -2.46. The van der Waals surface area contributed by atoms with Crippen LogP contribution < -0.4 is 10.6 Å². The minimum atomic E-state index is -1.89. The van der Waals surface area contributed by atoms with E-state index in [0.29, 0.717) is 25.2 Å². The number of carbonyl (C=O) groups is 3. The van der Waals surface area contributed by atoms with Gasteiger partial charge in [-0.2, -0.15) is 0 Å². The molecule has 1 atom stereocenters. The molecule has 0 spiro atoms. The molecule has 3 aromatic carbocycles. The molecule has 0 radical (unpaired) electrons. The van der Waals surface area contributed by atoms with Crippen LogP contribution in [0.4, 0.5) is 4.39 Å². The van der Waals surface area contributed by atoms with Crippen molar-refractivity contribution in [2.24, 2.45) is 0 Å². The second-order valence-corrected chi connectivity index (χ2v) is 8.20. The minimum absolute atomic E-state index is 0.284. The van der Waals surface area contributed by atoms with Gasteiger partial charge >= 0.3 is 0 Å². The van der Waals surface area contributed by atoms with E-state index in [9.17, 15) is 18.8 Å². The Kier molecular flexibility index (Phi) is 5.36. The van der Waals surface area contributed by atoms with Crippen molar-refractivity contribution in [3.63, 3.8) is 0 Å². The van der Waals surface area contributed by atoms with Crippen LogP contribution in [0.25, 0.3) is 0 Å². The van der Waals surface area contributed by atoms with E-state index in [0.717, 1.165) is 5.56 Å². The third-order valence-corrected chi connectivity index (χ3v) is 6.33. The van der Waals surface area contributed by atoms with Crippen molar-refractivity contribution < 1.29 is 18.8 Å². The van der Waals surface area contributed by atoms with Crippen LogP contribution in [0.15, 0.2) is 78.9 Å². The number of Topliss-reactive ketones (excluding diaryl/α,β-unsaturated/α-hetero) is 2. The first-order chi connectivity index (χ1) is 16.0. The zero-order valence-electron chi connectivity index (χ0n) is 17.8. The summed E-state index contributed by atoms with van der Waals surface area (Å²) in [5.41, 5.74) is -0.229. The van der Waals surface area contributed by atoms with Crippen molar-refractivity contribution >= 4 is 17.5 Å². The van der Waals surface area contributed by atoms with Gasteiger partial charge in [0.05, 0.1) is 6.04 Å². The Hall–Kier alpha value is -3.68. The first kappa shape index (κ1) is 21.2. The van der Waals surface area contributed by atoms with Crippen LogP contribution in [0.1, 0.15) is 42.7 Å². The lowest BCUT2D eigenvalue weighted by atomic mass is 9.93. The van der Waals surface area contributed by atoms with E-state index in [4.69, 9.17) is 0 Å². The van der Waals surface area contributed by atoms with Crippen LogP contribution in [0.3, 0.4) is 0 Å². The van der Waals surface area contributed by atoms with E-state index in [-0.39, 0.29) is 16.9 Å². The molecule has 7 heteroatoms. The minimum Gasteiger partial charge on any atom is -0.320 e. The number of amides is 1. The number of hydrogen-bond donors (Lipinski definition) is 2. The molecule has 166 valence electrons. The number of rotatable bonds is 4. The molecule has 0 aromatic heterocycles. The maximum atomic E-state index is 13.9. The van der Waals surface area contributed by atoms with Crippen LogP contribution in [-0.2, 0) is 0 Å². The van der Waals surface area contributed by atoms with Crippen molar-refractivity contribution in [1.82, 2.24) is 15.5 Å². The lowest BCUT2D eigenvalue weighted by Crippen LogP contribution is -2.71. The predicted molar refractivity (Wildman–Crippen MR) is 120 cm³/mol. The largest absolute Gasteiger partial charge is 0.320 e. The molecule has 6 nitrogen and oxygen atoms in total. The quantitative estimate of drug-likeness (QED) is 0.607. The average Bonchev–Trinajstić information content (AvgIpc) is 3.07. The summed E-state index contributed by atoms with van der Waals surface area (Å²) in [4.78, 5) is 42.8. The second kappa shape index (κ2) is 8.35. The number of piperazine rings is 1. The zero-order chi connectivity index (χ0) is 23.0. The maximum Gasteiger partial charge on any atom is 0.253 e. The molecule has 1 unspecified atom stereocenters. The van der Waals surface area contributed by atoms with Crippen LogP contribution in [0.5, 0.6) is 0 Å². The molecule has 1 amide bonds. The summed E-state index contributed by atoms with van der Waals surface area (Å²) >= 11 is 0. The predicted octanol–water partition coefficient (Wildman–Crippen LogP) is 2.98. The molecular formula is C26H22FN3O3. The molecule has 1 aliphatic carbocycles. The van der Waals surface area contributed by atoms with E-state index in [1.54, 1.807) is 71.6 Å². The Labute approximate surface area is 190 Å². The van der Waals surface area contributed by atoms with Gasteiger partial charge in [0.2, 0.25) is 17.2 Å². The number of fused-ring (bicyclic) bond motifs is 1. The van der Waals surface area contributed by atoms with Crippen LogP contribution in [0.2, 0.25) is 0 Å². The van der Waals surface area contributed by atoms with E-state index in [1.807, 2.05) is 0 Å². The third kappa shape index (κ3) is 3.46. The number of halogens is 1. The Balaban J connectivity index is 1.64. The standard InChI is InChI=1S/C26H22FN3O3/c27-19-12-10-17(11-13-19)22-16-28-14-15-30(22)26(29-25(33)18-6-2-1-3-7-18)23(31)20-8-4-5-9-21(20)24(26)32/h1-13,22,28H,14-16H2,(H,29,33). The summed E-state index contributed by atoms with van der Waals surface area (Å²) < 4.78 is 13.6. The molecule has 2 N–H and O–H groups in total. The molecule has 1 fully saturated rings. The second-order valence-electron chi connectivity index (χ2n) is 8.20. The van der Waals surface area contributed by atoms with Gasteiger partial charge in [-0.25, -0.2) is 4.39 Å². The molecule has 1 heterocycles. The summed E-state index contributed by atoms with van der Waals surface area (Å²) in [7, 11) is 0. The monoisotopic (exact) mass is 443 g/mol. The van der Waals surface area contributed by atoms with Crippen LogP contribution in [0, 0.1) is 5.82 Å². The Morgan fingerprint density at radius 3 is 2.15 bits per heavy atom. The third-order valence-electron chi connectivity index (χ3n) is 6.33. The Morgan fingerprint density at radius 1 is 0.909 bits per heavy atom. The highest BCUT2D eigenvalue weighted by molar-refractivity contribution is 6.33. The van der Waals surface area contributed by atoms with Gasteiger partial charge in [-0.15, -0.1) is 0 Å². The number of ketones is 2. The number of nitrogens with zero attached hydrogens (tertiary/aromatic N) is 1. The molecule has 2 aliphatic rings. The van der Waals surface area contributed by atoms with E-state index in [1.165, 1.54) is 12.1 Å². The molecule has 0 saturated carbocycles. The summed E-state index contributed by atoms with van der Waals surface area (Å²) in [5.74, 6) is -1.80. The summed E-state index contributed by atoms with van der Waals surface area (Å²) in [6.45, 7) is 1.30. The smallest absolute Gasteiger partial charge is 0.253 e. The number of carbonyl (C=O) groups excluding carboxylic acids is 3. The summed E-state index contributed by atoms with van der Waals surface area (Å²) in [6, 6.07) is 20.7. The SMILES string of the molecule is O=C(NC1(N2CCNCC2c2ccc(F)cc2)C(=O)c2ccccc2C1=O)c1ccccc1. The normalized spacial score (nSPS) is 19.8. The molecule has 1 saturated heterocycles. The topological polar surface area (TPSA) is 78.5 Å². The van der Waals surface area contributed by atoms with Gasteiger partial charge < -0.3 is 10.6 Å². The van der Waals surface area contributed by atoms with Gasteiger partial charge in [0, 0.05) is 36.3 Å². The molecule has 3 aromatic rings. The molecule has 0 bridgehead atoms. The fraction of sp³-hybridized carbons (Fsp3) is 0.192. The molecule has 33 heavy (non-hydrogen) atoms.